The van der Waals surface area contributed by atoms with Gasteiger partial charge in [-0.25, -0.2) is 0 Å². The third kappa shape index (κ3) is 2.11. The molecule has 2 N–H and O–H groups in total. The van der Waals surface area contributed by atoms with Crippen molar-refractivity contribution in [1.82, 2.24) is 5.16 Å². The van der Waals surface area contributed by atoms with E-state index in [1.807, 2.05) is 31.2 Å². The number of nitrogen functional groups attached to an aromatic ring is 1. The smallest absolute Gasteiger partial charge is 0.230 e. The number of anilines is 1. The first kappa shape index (κ1) is 11.9. The Morgan fingerprint density at radius 1 is 1.11 bits per heavy atom. The molecule has 0 spiro atoms. The van der Waals surface area contributed by atoms with Crippen LogP contribution in [0.15, 0.2) is 45.3 Å². The lowest BCUT2D eigenvalue weighted by molar-refractivity contribution is 0.436. The summed E-state index contributed by atoms with van der Waals surface area (Å²) in [6.07, 6.45) is 0. The molecule has 96 valence electrons. The summed E-state index contributed by atoms with van der Waals surface area (Å²) >= 11 is 5.78. The van der Waals surface area contributed by atoms with E-state index in [4.69, 9.17) is 26.3 Å². The van der Waals surface area contributed by atoms with Crippen molar-refractivity contribution in [2.24, 2.45) is 0 Å². The third-order valence-corrected chi connectivity index (χ3v) is 3.07. The van der Waals surface area contributed by atoms with E-state index in [9.17, 15) is 0 Å². The minimum atomic E-state index is 0.256. The van der Waals surface area contributed by atoms with Gasteiger partial charge < -0.3 is 14.7 Å². The molecule has 0 aliphatic heterocycles. The van der Waals surface area contributed by atoms with Crippen LogP contribution in [0, 0.1) is 6.92 Å². The Bertz CT molecular complexity index is 713. The fraction of sp³-hybridized carbons (Fsp3) is 0.0714. The van der Waals surface area contributed by atoms with Crippen molar-refractivity contribution >= 4 is 17.5 Å². The van der Waals surface area contributed by atoms with Crippen LogP contribution in [-0.4, -0.2) is 5.16 Å². The highest BCUT2D eigenvalue weighted by atomic mass is 35.5. The van der Waals surface area contributed by atoms with E-state index in [1.54, 1.807) is 12.1 Å². The van der Waals surface area contributed by atoms with E-state index in [0.29, 0.717) is 22.2 Å². The number of nitrogens with zero attached hydrogens (tertiary/aromatic N) is 1. The maximum Gasteiger partial charge on any atom is 0.230 e. The van der Waals surface area contributed by atoms with Crippen LogP contribution in [0.1, 0.15) is 5.56 Å². The Morgan fingerprint density at radius 3 is 2.47 bits per heavy atom. The van der Waals surface area contributed by atoms with Gasteiger partial charge in [0.1, 0.15) is 0 Å². The summed E-state index contributed by atoms with van der Waals surface area (Å²) in [4.78, 5) is 0. The van der Waals surface area contributed by atoms with Gasteiger partial charge in [0.2, 0.25) is 5.88 Å². The molecule has 3 aromatic rings. The fourth-order valence-electron chi connectivity index (χ4n) is 1.91. The van der Waals surface area contributed by atoms with Crippen molar-refractivity contribution in [1.29, 1.82) is 0 Å². The first-order valence-corrected chi connectivity index (χ1v) is 6.11. The topological polar surface area (TPSA) is 65.2 Å². The number of halogens is 1. The van der Waals surface area contributed by atoms with Crippen LogP contribution in [0.25, 0.3) is 22.6 Å². The standard InChI is InChI=1S/C14H11ClN2O2/c1-8-2-4-9(5-3-8)12-13(17-19-14(12)16)10-6-7-11(15)18-10/h2-7H,16H2,1H3. The number of furan rings is 1. The van der Waals surface area contributed by atoms with Gasteiger partial charge in [-0.3, -0.25) is 0 Å². The second-order valence-corrected chi connectivity index (χ2v) is 4.61. The van der Waals surface area contributed by atoms with Gasteiger partial charge in [0, 0.05) is 0 Å². The lowest BCUT2D eigenvalue weighted by atomic mass is 10.0. The number of rotatable bonds is 2. The highest BCUT2D eigenvalue weighted by Gasteiger charge is 2.19. The SMILES string of the molecule is Cc1ccc(-c2c(-c3ccc(Cl)o3)noc2N)cc1. The van der Waals surface area contributed by atoms with E-state index in [1.165, 1.54) is 5.56 Å². The molecule has 0 aliphatic carbocycles. The molecular weight excluding hydrogens is 264 g/mol. The highest BCUT2D eigenvalue weighted by molar-refractivity contribution is 6.29. The molecule has 5 heteroatoms. The van der Waals surface area contributed by atoms with Gasteiger partial charge in [0.05, 0.1) is 5.56 Å². The second kappa shape index (κ2) is 4.48. The zero-order valence-electron chi connectivity index (χ0n) is 10.2. The molecule has 3 rings (SSSR count). The first-order valence-electron chi connectivity index (χ1n) is 5.73. The number of hydrogen-bond donors (Lipinski definition) is 1. The Hall–Kier alpha value is -2.20. The Kier molecular flexibility index (Phi) is 2.80. The molecule has 2 heterocycles. The predicted molar refractivity (Wildman–Crippen MR) is 73.8 cm³/mol. The van der Waals surface area contributed by atoms with Crippen LogP contribution in [0.2, 0.25) is 5.22 Å². The van der Waals surface area contributed by atoms with Crippen LogP contribution in [0.4, 0.5) is 5.88 Å². The van der Waals surface area contributed by atoms with Gasteiger partial charge in [-0.1, -0.05) is 35.0 Å². The Labute approximate surface area is 114 Å². The third-order valence-electron chi connectivity index (χ3n) is 2.87. The largest absolute Gasteiger partial charge is 0.443 e. The number of nitrogens with two attached hydrogens (primary N) is 1. The summed E-state index contributed by atoms with van der Waals surface area (Å²) in [5.41, 5.74) is 9.21. The lowest BCUT2D eigenvalue weighted by Crippen LogP contribution is -1.87. The summed E-state index contributed by atoms with van der Waals surface area (Å²) in [5.74, 6) is 0.785. The van der Waals surface area contributed by atoms with Crippen LogP contribution in [-0.2, 0) is 0 Å². The van der Waals surface area contributed by atoms with Gasteiger partial charge in [0.25, 0.3) is 0 Å². The molecular formula is C14H11ClN2O2. The minimum Gasteiger partial charge on any atom is -0.443 e. The van der Waals surface area contributed by atoms with Gasteiger partial charge in [0.15, 0.2) is 16.7 Å². The molecule has 1 aromatic carbocycles. The molecule has 0 saturated heterocycles. The fourth-order valence-corrected chi connectivity index (χ4v) is 2.06. The lowest BCUT2D eigenvalue weighted by Gasteiger charge is -2.01. The summed E-state index contributed by atoms with van der Waals surface area (Å²) in [6, 6.07) is 11.3. The summed E-state index contributed by atoms with van der Waals surface area (Å²) < 4.78 is 10.4. The summed E-state index contributed by atoms with van der Waals surface area (Å²) in [7, 11) is 0. The number of hydrogen-bond acceptors (Lipinski definition) is 4. The first-order chi connectivity index (χ1) is 9.15. The highest BCUT2D eigenvalue weighted by Crippen LogP contribution is 2.37. The van der Waals surface area contributed by atoms with Crippen molar-refractivity contribution in [2.75, 3.05) is 5.73 Å². The summed E-state index contributed by atoms with van der Waals surface area (Å²) in [5, 5.41) is 4.24. The van der Waals surface area contributed by atoms with E-state index in [2.05, 4.69) is 5.16 Å². The van der Waals surface area contributed by atoms with Crippen molar-refractivity contribution in [3.63, 3.8) is 0 Å². The van der Waals surface area contributed by atoms with Gasteiger partial charge >= 0.3 is 0 Å². The van der Waals surface area contributed by atoms with Gasteiger partial charge in [-0.2, -0.15) is 0 Å². The maximum atomic E-state index is 5.85. The summed E-state index contributed by atoms with van der Waals surface area (Å²) in [6.45, 7) is 2.02. The molecule has 0 bridgehead atoms. The number of aryl methyl sites for hydroxylation is 1. The molecule has 0 aliphatic rings. The predicted octanol–water partition coefficient (Wildman–Crippen LogP) is 4.15. The van der Waals surface area contributed by atoms with Gasteiger partial charge in [-0.05, 0) is 36.2 Å². The molecule has 4 nitrogen and oxygen atoms in total. The van der Waals surface area contributed by atoms with Gasteiger partial charge in [-0.15, -0.1) is 0 Å². The average Bonchev–Trinajstić information content (AvgIpc) is 2.97. The van der Waals surface area contributed by atoms with Crippen molar-refractivity contribution in [3.8, 4) is 22.6 Å². The van der Waals surface area contributed by atoms with Crippen LogP contribution >= 0.6 is 11.6 Å². The van der Waals surface area contributed by atoms with E-state index in [-0.39, 0.29) is 5.88 Å². The van der Waals surface area contributed by atoms with E-state index in [0.717, 1.165) is 5.56 Å². The molecule has 0 radical (unpaired) electrons. The Balaban J connectivity index is 2.16. The number of aromatic nitrogens is 1. The zero-order valence-corrected chi connectivity index (χ0v) is 10.9. The van der Waals surface area contributed by atoms with Crippen molar-refractivity contribution < 1.29 is 8.94 Å². The van der Waals surface area contributed by atoms with Crippen LogP contribution in [0.5, 0.6) is 0 Å². The molecule has 0 saturated carbocycles. The molecule has 19 heavy (non-hydrogen) atoms. The molecule has 0 unspecified atom stereocenters. The Morgan fingerprint density at radius 2 is 1.84 bits per heavy atom. The van der Waals surface area contributed by atoms with Crippen LogP contribution in [0.3, 0.4) is 0 Å². The van der Waals surface area contributed by atoms with Crippen molar-refractivity contribution in [3.05, 3.63) is 47.2 Å². The average molecular weight is 275 g/mol. The minimum absolute atomic E-state index is 0.256. The zero-order chi connectivity index (χ0) is 13.4. The normalized spacial score (nSPS) is 10.8. The van der Waals surface area contributed by atoms with Crippen molar-refractivity contribution in [2.45, 2.75) is 6.92 Å². The second-order valence-electron chi connectivity index (χ2n) is 4.24. The quantitative estimate of drug-likeness (QED) is 0.762. The van der Waals surface area contributed by atoms with E-state index >= 15 is 0 Å². The molecule has 0 atom stereocenters. The monoisotopic (exact) mass is 274 g/mol. The van der Waals surface area contributed by atoms with Crippen LogP contribution < -0.4 is 5.73 Å². The number of benzene rings is 1. The maximum absolute atomic E-state index is 5.85. The van der Waals surface area contributed by atoms with E-state index < -0.39 is 0 Å². The molecule has 0 fully saturated rings. The molecule has 2 aromatic heterocycles. The molecule has 0 amide bonds.